The number of fused-ring (bicyclic) bond motifs is 1. The highest BCUT2D eigenvalue weighted by atomic mass is 79.9. The van der Waals surface area contributed by atoms with Gasteiger partial charge >= 0.3 is 5.97 Å². The molecule has 0 spiro atoms. The number of aromatic carboxylic acids is 1. The fourth-order valence-corrected chi connectivity index (χ4v) is 3.46. The second-order valence-corrected chi connectivity index (χ2v) is 7.32. The molecule has 1 fully saturated rings. The SMILES string of the molecule is O=C(O)c1ccc2nc(Cc3cc(F)c(Br)cc3F)n(CC3CCO3)c2c1. The number of aromatic nitrogens is 2. The zero-order valence-corrected chi connectivity index (χ0v) is 15.7. The van der Waals surface area contributed by atoms with Gasteiger partial charge < -0.3 is 14.4 Å². The molecule has 140 valence electrons. The highest BCUT2D eigenvalue weighted by molar-refractivity contribution is 9.10. The van der Waals surface area contributed by atoms with Gasteiger partial charge in [-0.2, -0.15) is 0 Å². The van der Waals surface area contributed by atoms with Gasteiger partial charge in [-0.05, 0) is 58.2 Å². The fraction of sp³-hybridized carbons (Fsp3) is 0.263. The Kier molecular flexibility index (Phi) is 4.69. The normalized spacial score (nSPS) is 16.5. The van der Waals surface area contributed by atoms with Crippen molar-refractivity contribution < 1.29 is 23.4 Å². The number of ether oxygens (including phenoxy) is 1. The summed E-state index contributed by atoms with van der Waals surface area (Å²) in [5.74, 6) is -1.59. The molecule has 8 heteroatoms. The maximum absolute atomic E-state index is 14.3. The molecule has 1 unspecified atom stereocenters. The van der Waals surface area contributed by atoms with Crippen molar-refractivity contribution in [2.24, 2.45) is 0 Å². The van der Waals surface area contributed by atoms with Gasteiger partial charge in [-0.3, -0.25) is 0 Å². The first-order valence-electron chi connectivity index (χ1n) is 8.40. The van der Waals surface area contributed by atoms with Crippen molar-refractivity contribution in [1.29, 1.82) is 0 Å². The van der Waals surface area contributed by atoms with E-state index in [4.69, 9.17) is 4.74 Å². The van der Waals surface area contributed by atoms with E-state index in [0.717, 1.165) is 18.6 Å². The van der Waals surface area contributed by atoms with E-state index in [0.29, 0.717) is 30.0 Å². The largest absolute Gasteiger partial charge is 0.478 e. The minimum absolute atomic E-state index is 0.00105. The molecule has 1 N–H and O–H groups in total. The van der Waals surface area contributed by atoms with Crippen LogP contribution in [0.2, 0.25) is 0 Å². The van der Waals surface area contributed by atoms with Gasteiger partial charge in [0.25, 0.3) is 0 Å². The molecule has 1 atom stereocenters. The molecule has 0 bridgehead atoms. The van der Waals surface area contributed by atoms with Crippen LogP contribution in [-0.4, -0.2) is 33.3 Å². The lowest BCUT2D eigenvalue weighted by Crippen LogP contribution is -2.31. The van der Waals surface area contributed by atoms with E-state index in [9.17, 15) is 18.7 Å². The van der Waals surface area contributed by atoms with Crippen LogP contribution in [0, 0.1) is 11.6 Å². The summed E-state index contributed by atoms with van der Waals surface area (Å²) in [6.07, 6.45) is 0.972. The van der Waals surface area contributed by atoms with Gasteiger partial charge in [-0.1, -0.05) is 0 Å². The molecular weight excluding hydrogens is 422 g/mol. The third-order valence-corrected chi connectivity index (χ3v) is 5.30. The van der Waals surface area contributed by atoms with Gasteiger partial charge in [0.05, 0.1) is 33.7 Å². The van der Waals surface area contributed by atoms with Crippen molar-refractivity contribution in [3.8, 4) is 0 Å². The summed E-state index contributed by atoms with van der Waals surface area (Å²) in [5, 5.41) is 9.26. The molecule has 0 amide bonds. The number of rotatable bonds is 5. The predicted octanol–water partition coefficient (Wildman–Crippen LogP) is 4.15. The maximum Gasteiger partial charge on any atom is 0.335 e. The van der Waals surface area contributed by atoms with Crippen molar-refractivity contribution in [1.82, 2.24) is 9.55 Å². The summed E-state index contributed by atoms with van der Waals surface area (Å²) in [6.45, 7) is 1.16. The molecule has 0 radical (unpaired) electrons. The Morgan fingerprint density at radius 1 is 1.30 bits per heavy atom. The van der Waals surface area contributed by atoms with Crippen LogP contribution in [-0.2, 0) is 17.7 Å². The van der Waals surface area contributed by atoms with Crippen molar-refractivity contribution >= 4 is 32.9 Å². The van der Waals surface area contributed by atoms with Crippen molar-refractivity contribution in [2.45, 2.75) is 25.5 Å². The maximum atomic E-state index is 14.3. The molecule has 4 rings (SSSR count). The quantitative estimate of drug-likeness (QED) is 0.610. The first-order valence-corrected chi connectivity index (χ1v) is 9.19. The molecule has 1 aromatic heterocycles. The lowest BCUT2D eigenvalue weighted by Gasteiger charge is -2.27. The molecule has 5 nitrogen and oxygen atoms in total. The molecular formula is C19H15BrF2N2O3. The number of halogens is 3. The van der Waals surface area contributed by atoms with Gasteiger partial charge in [0.15, 0.2) is 0 Å². The van der Waals surface area contributed by atoms with E-state index in [1.807, 2.05) is 4.57 Å². The van der Waals surface area contributed by atoms with Crippen LogP contribution in [0.15, 0.2) is 34.8 Å². The minimum Gasteiger partial charge on any atom is -0.478 e. The molecule has 1 saturated heterocycles. The van der Waals surface area contributed by atoms with E-state index >= 15 is 0 Å². The third-order valence-electron chi connectivity index (χ3n) is 4.69. The van der Waals surface area contributed by atoms with E-state index in [1.54, 1.807) is 12.1 Å². The second-order valence-electron chi connectivity index (χ2n) is 6.46. The van der Waals surface area contributed by atoms with Crippen molar-refractivity contribution in [3.63, 3.8) is 0 Å². The van der Waals surface area contributed by atoms with E-state index < -0.39 is 17.6 Å². The standard InChI is InChI=1S/C19H15BrF2N2O3/c20-13-8-14(21)11(5-15(13)22)7-18-23-16-2-1-10(19(25)26)6-17(16)24(18)9-12-3-4-27-12/h1-2,5-6,8,12H,3-4,7,9H2,(H,25,26). The second kappa shape index (κ2) is 7.01. The molecule has 2 heterocycles. The van der Waals surface area contributed by atoms with Crippen molar-refractivity contribution in [3.05, 3.63) is 63.4 Å². The molecule has 1 aliphatic heterocycles. The third kappa shape index (κ3) is 3.46. The molecule has 0 aliphatic carbocycles. The number of benzene rings is 2. The van der Waals surface area contributed by atoms with E-state index in [1.165, 1.54) is 6.07 Å². The number of carbonyl (C=O) groups is 1. The summed E-state index contributed by atoms with van der Waals surface area (Å²) < 4.78 is 35.5. The molecule has 0 saturated carbocycles. The zero-order chi connectivity index (χ0) is 19.1. The Balaban J connectivity index is 1.79. The number of nitrogens with zero attached hydrogens (tertiary/aromatic N) is 2. The van der Waals surface area contributed by atoms with Crippen LogP contribution < -0.4 is 0 Å². The Labute approximate surface area is 161 Å². The number of imidazole rings is 1. The zero-order valence-electron chi connectivity index (χ0n) is 14.1. The number of carboxylic acids is 1. The Bertz CT molecular complexity index is 1050. The number of hydrogen-bond donors (Lipinski definition) is 1. The summed E-state index contributed by atoms with van der Waals surface area (Å²) in [4.78, 5) is 15.8. The van der Waals surface area contributed by atoms with Gasteiger partial charge in [-0.15, -0.1) is 0 Å². The molecule has 3 aromatic rings. The van der Waals surface area contributed by atoms with Crippen LogP contribution in [0.1, 0.15) is 28.2 Å². The highest BCUT2D eigenvalue weighted by Gasteiger charge is 2.23. The summed E-state index contributed by atoms with van der Waals surface area (Å²) in [6, 6.07) is 6.89. The smallest absolute Gasteiger partial charge is 0.335 e. The van der Waals surface area contributed by atoms with Gasteiger partial charge in [-0.25, -0.2) is 18.6 Å². The van der Waals surface area contributed by atoms with Crippen LogP contribution in [0.4, 0.5) is 8.78 Å². The van der Waals surface area contributed by atoms with Crippen molar-refractivity contribution in [2.75, 3.05) is 6.61 Å². The average Bonchev–Trinajstić information content (AvgIpc) is 2.92. The highest BCUT2D eigenvalue weighted by Crippen LogP contribution is 2.26. The fourth-order valence-electron chi connectivity index (χ4n) is 3.15. The van der Waals surface area contributed by atoms with Crippen LogP contribution in [0.25, 0.3) is 11.0 Å². The Morgan fingerprint density at radius 2 is 2.07 bits per heavy atom. The predicted molar refractivity (Wildman–Crippen MR) is 97.9 cm³/mol. The first kappa shape index (κ1) is 18.1. The topological polar surface area (TPSA) is 64.3 Å². The molecule has 2 aromatic carbocycles. The minimum atomic E-state index is -1.04. The average molecular weight is 437 g/mol. The first-order chi connectivity index (χ1) is 12.9. The molecule has 1 aliphatic rings. The Morgan fingerprint density at radius 3 is 2.74 bits per heavy atom. The van der Waals surface area contributed by atoms with E-state index in [-0.39, 0.29) is 28.1 Å². The van der Waals surface area contributed by atoms with Crippen LogP contribution in [0.3, 0.4) is 0 Å². The Hall–Kier alpha value is -2.32. The van der Waals surface area contributed by atoms with E-state index in [2.05, 4.69) is 20.9 Å². The number of hydrogen-bond acceptors (Lipinski definition) is 3. The summed E-state index contributed by atoms with van der Waals surface area (Å²) in [7, 11) is 0. The lowest BCUT2D eigenvalue weighted by atomic mass is 10.1. The molecule has 27 heavy (non-hydrogen) atoms. The summed E-state index contributed by atoms with van der Waals surface area (Å²) >= 11 is 2.97. The van der Waals surface area contributed by atoms with Gasteiger partial charge in [0.1, 0.15) is 17.5 Å². The lowest BCUT2D eigenvalue weighted by molar-refractivity contribution is -0.0589. The summed E-state index contributed by atoms with van der Waals surface area (Å²) in [5.41, 5.74) is 1.57. The monoisotopic (exact) mass is 436 g/mol. The van der Waals surface area contributed by atoms with Crippen LogP contribution in [0.5, 0.6) is 0 Å². The van der Waals surface area contributed by atoms with Crippen LogP contribution >= 0.6 is 15.9 Å². The number of carboxylic acid groups (broad SMARTS) is 1. The van der Waals surface area contributed by atoms with Gasteiger partial charge in [0.2, 0.25) is 0 Å². The van der Waals surface area contributed by atoms with Gasteiger partial charge in [0, 0.05) is 13.0 Å².